The van der Waals surface area contributed by atoms with Crippen molar-refractivity contribution in [3.63, 3.8) is 0 Å². The van der Waals surface area contributed by atoms with Gasteiger partial charge in [0.25, 0.3) is 0 Å². The summed E-state index contributed by atoms with van der Waals surface area (Å²) in [4.78, 5) is 26.2. The van der Waals surface area contributed by atoms with Crippen LogP contribution in [0.25, 0.3) is 0 Å². The molecule has 1 atom stereocenters. The van der Waals surface area contributed by atoms with E-state index in [2.05, 4.69) is 0 Å². The number of carbonyl (C=O) groups excluding carboxylic acids is 2. The number of likely N-dealkylation sites (N-methyl/N-ethyl adjacent to an activating group) is 1. The van der Waals surface area contributed by atoms with Gasteiger partial charge in [-0.15, -0.1) is 0 Å². The van der Waals surface area contributed by atoms with Gasteiger partial charge in [-0.3, -0.25) is 9.69 Å². The van der Waals surface area contributed by atoms with Crippen molar-refractivity contribution < 1.29 is 9.59 Å². The second kappa shape index (κ2) is 5.01. The minimum atomic E-state index is -0.348. The van der Waals surface area contributed by atoms with E-state index in [0.29, 0.717) is 0 Å². The van der Waals surface area contributed by atoms with Crippen molar-refractivity contribution in [2.24, 2.45) is 5.73 Å². The van der Waals surface area contributed by atoms with Crippen molar-refractivity contribution in [3.8, 4) is 0 Å². The van der Waals surface area contributed by atoms with Gasteiger partial charge in [0.15, 0.2) is 0 Å². The quantitative estimate of drug-likeness (QED) is 0.831. The second-order valence-corrected chi connectivity index (χ2v) is 5.11. The molecule has 5 heteroatoms. The van der Waals surface area contributed by atoms with Crippen LogP contribution in [-0.4, -0.2) is 41.9 Å². The van der Waals surface area contributed by atoms with Crippen LogP contribution in [0, 0.1) is 13.8 Å². The maximum atomic E-state index is 11.8. The topological polar surface area (TPSA) is 66.6 Å². The molecule has 102 valence electrons. The molecule has 2 rings (SSSR count). The van der Waals surface area contributed by atoms with E-state index >= 15 is 0 Å². The van der Waals surface area contributed by atoms with Crippen molar-refractivity contribution in [2.45, 2.75) is 19.9 Å². The number of nitrogens with zero attached hydrogens (tertiary/aromatic N) is 2. The van der Waals surface area contributed by atoms with Crippen molar-refractivity contribution >= 4 is 11.9 Å². The Kier molecular flexibility index (Phi) is 3.57. The summed E-state index contributed by atoms with van der Waals surface area (Å²) in [6.45, 7) is 4.34. The third-order valence-corrected chi connectivity index (χ3v) is 3.44. The van der Waals surface area contributed by atoms with Crippen molar-refractivity contribution in [3.05, 3.63) is 34.9 Å². The molecule has 0 spiro atoms. The average Bonchev–Trinajstić information content (AvgIpc) is 2.59. The molecular formula is C14H19N3O2. The van der Waals surface area contributed by atoms with E-state index in [1.54, 1.807) is 7.05 Å². The van der Waals surface area contributed by atoms with Gasteiger partial charge in [0.1, 0.15) is 6.54 Å². The highest BCUT2D eigenvalue weighted by atomic mass is 16.2. The molecule has 0 bridgehead atoms. The molecule has 1 aliphatic heterocycles. The molecule has 0 aromatic heterocycles. The molecule has 3 amide bonds. The fourth-order valence-corrected chi connectivity index (χ4v) is 2.30. The molecule has 0 radical (unpaired) electrons. The Morgan fingerprint density at radius 3 is 2.58 bits per heavy atom. The second-order valence-electron chi connectivity index (χ2n) is 5.11. The number of hydrogen-bond donors (Lipinski definition) is 1. The monoisotopic (exact) mass is 261 g/mol. The number of amides is 3. The minimum Gasteiger partial charge on any atom is -0.322 e. The number of nitrogens with two attached hydrogens (primary N) is 1. The molecule has 1 saturated heterocycles. The lowest BCUT2D eigenvalue weighted by atomic mass is 9.99. The number of imide groups is 1. The Hall–Kier alpha value is -1.88. The van der Waals surface area contributed by atoms with Gasteiger partial charge < -0.3 is 10.6 Å². The largest absolute Gasteiger partial charge is 0.327 e. The summed E-state index contributed by atoms with van der Waals surface area (Å²) in [5.41, 5.74) is 9.32. The molecule has 0 saturated carbocycles. The van der Waals surface area contributed by atoms with Crippen LogP contribution in [0.1, 0.15) is 22.7 Å². The van der Waals surface area contributed by atoms with Crippen molar-refractivity contribution in [1.29, 1.82) is 0 Å². The van der Waals surface area contributed by atoms with Gasteiger partial charge >= 0.3 is 6.03 Å². The van der Waals surface area contributed by atoms with Crippen LogP contribution in [0.4, 0.5) is 4.79 Å². The first kappa shape index (κ1) is 13.5. The third kappa shape index (κ3) is 2.61. The summed E-state index contributed by atoms with van der Waals surface area (Å²) >= 11 is 0. The number of benzene rings is 1. The SMILES string of the molecule is Cc1ccc(C)c(C(N)CN2C(=O)CN(C)C2=O)c1. The molecule has 0 aliphatic carbocycles. The molecule has 1 heterocycles. The van der Waals surface area contributed by atoms with Gasteiger partial charge in [-0.2, -0.15) is 0 Å². The lowest BCUT2D eigenvalue weighted by Crippen LogP contribution is -2.37. The third-order valence-electron chi connectivity index (χ3n) is 3.44. The number of carbonyl (C=O) groups is 2. The molecule has 5 nitrogen and oxygen atoms in total. The summed E-state index contributed by atoms with van der Waals surface area (Å²) in [6, 6.07) is 5.41. The first-order valence-corrected chi connectivity index (χ1v) is 6.28. The minimum absolute atomic E-state index is 0.137. The number of aryl methyl sites for hydroxylation is 2. The average molecular weight is 261 g/mol. The zero-order valence-corrected chi connectivity index (χ0v) is 11.5. The van der Waals surface area contributed by atoms with E-state index in [1.165, 1.54) is 9.80 Å². The van der Waals surface area contributed by atoms with Crippen molar-refractivity contribution in [2.75, 3.05) is 20.1 Å². The zero-order valence-electron chi connectivity index (χ0n) is 11.5. The molecule has 1 aliphatic rings. The first-order valence-electron chi connectivity index (χ1n) is 6.28. The zero-order chi connectivity index (χ0) is 14.2. The van der Waals surface area contributed by atoms with E-state index in [0.717, 1.165) is 16.7 Å². The predicted octanol–water partition coefficient (Wildman–Crippen LogP) is 1.20. The maximum Gasteiger partial charge on any atom is 0.327 e. The van der Waals surface area contributed by atoms with Crippen LogP contribution >= 0.6 is 0 Å². The Bertz CT molecular complexity index is 527. The first-order chi connectivity index (χ1) is 8.90. The maximum absolute atomic E-state index is 11.8. The smallest absolute Gasteiger partial charge is 0.322 e. The number of hydrogen-bond acceptors (Lipinski definition) is 3. The molecule has 1 unspecified atom stereocenters. The van der Waals surface area contributed by atoms with E-state index < -0.39 is 0 Å². The van der Waals surface area contributed by atoms with E-state index in [-0.39, 0.29) is 31.1 Å². The highest BCUT2D eigenvalue weighted by molar-refractivity contribution is 6.01. The van der Waals surface area contributed by atoms with Crippen LogP contribution in [-0.2, 0) is 4.79 Å². The highest BCUT2D eigenvalue weighted by Gasteiger charge is 2.34. The van der Waals surface area contributed by atoms with Crippen LogP contribution in [0.5, 0.6) is 0 Å². The van der Waals surface area contributed by atoms with Crippen LogP contribution in [0.15, 0.2) is 18.2 Å². The van der Waals surface area contributed by atoms with Crippen LogP contribution in [0.3, 0.4) is 0 Å². The standard InChI is InChI=1S/C14H19N3O2/c1-9-4-5-10(2)11(6-9)12(15)7-17-13(18)8-16(3)14(17)19/h4-6,12H,7-8,15H2,1-3H3. The molecule has 1 fully saturated rings. The Morgan fingerprint density at radius 1 is 1.32 bits per heavy atom. The summed E-state index contributed by atoms with van der Waals surface area (Å²) in [5.74, 6) is -0.187. The summed E-state index contributed by atoms with van der Waals surface area (Å²) in [6.07, 6.45) is 0. The Balaban J connectivity index is 2.17. The van der Waals surface area contributed by atoms with Crippen LogP contribution < -0.4 is 5.73 Å². The lowest BCUT2D eigenvalue weighted by molar-refractivity contribution is -0.125. The lowest BCUT2D eigenvalue weighted by Gasteiger charge is -2.21. The van der Waals surface area contributed by atoms with Gasteiger partial charge in [0.2, 0.25) is 5.91 Å². The van der Waals surface area contributed by atoms with E-state index in [4.69, 9.17) is 5.73 Å². The Labute approximate surface area is 113 Å². The fraction of sp³-hybridized carbons (Fsp3) is 0.429. The molecule has 1 aromatic rings. The number of rotatable bonds is 3. The summed E-state index contributed by atoms with van der Waals surface area (Å²) < 4.78 is 0. The van der Waals surface area contributed by atoms with Gasteiger partial charge in [-0.25, -0.2) is 4.79 Å². The van der Waals surface area contributed by atoms with Crippen LogP contribution in [0.2, 0.25) is 0 Å². The fourth-order valence-electron chi connectivity index (χ4n) is 2.30. The highest BCUT2D eigenvalue weighted by Crippen LogP contribution is 2.20. The van der Waals surface area contributed by atoms with Gasteiger partial charge in [0.05, 0.1) is 0 Å². The Morgan fingerprint density at radius 2 is 2.00 bits per heavy atom. The normalized spacial score (nSPS) is 17.3. The van der Waals surface area contributed by atoms with Crippen molar-refractivity contribution in [1.82, 2.24) is 9.80 Å². The molecule has 1 aromatic carbocycles. The molecule has 19 heavy (non-hydrogen) atoms. The van der Waals surface area contributed by atoms with E-state index in [9.17, 15) is 9.59 Å². The van der Waals surface area contributed by atoms with Gasteiger partial charge in [0, 0.05) is 19.6 Å². The number of urea groups is 1. The summed E-state index contributed by atoms with van der Waals surface area (Å²) in [7, 11) is 1.61. The summed E-state index contributed by atoms with van der Waals surface area (Å²) in [5, 5.41) is 0. The molecular weight excluding hydrogens is 242 g/mol. The van der Waals surface area contributed by atoms with Gasteiger partial charge in [-0.1, -0.05) is 23.8 Å². The van der Waals surface area contributed by atoms with Gasteiger partial charge in [-0.05, 0) is 25.0 Å². The van der Waals surface area contributed by atoms with E-state index in [1.807, 2.05) is 32.0 Å². The predicted molar refractivity (Wildman–Crippen MR) is 72.6 cm³/mol. The molecule has 2 N–H and O–H groups in total.